The Morgan fingerprint density at radius 3 is 2.33 bits per heavy atom. The average molecular weight is 261 g/mol. The fraction of sp³-hybridized carbons (Fsp3) is 0.909. The van der Waals surface area contributed by atoms with Gasteiger partial charge in [0.25, 0.3) is 0 Å². The van der Waals surface area contributed by atoms with Crippen molar-refractivity contribution in [2.75, 3.05) is 6.61 Å². The van der Waals surface area contributed by atoms with E-state index < -0.39 is 42.9 Å². The van der Waals surface area contributed by atoms with Gasteiger partial charge in [-0.3, -0.25) is 0 Å². The van der Waals surface area contributed by atoms with Crippen molar-refractivity contribution in [2.24, 2.45) is 0 Å². The van der Waals surface area contributed by atoms with Gasteiger partial charge in [0.05, 0.1) is 12.7 Å². The molecule has 3 unspecified atom stereocenters. The van der Waals surface area contributed by atoms with E-state index in [1.54, 1.807) is 6.92 Å². The van der Waals surface area contributed by atoms with Gasteiger partial charge in [0, 0.05) is 0 Å². The molecule has 0 amide bonds. The molecule has 0 aromatic carbocycles. The lowest BCUT2D eigenvalue weighted by Gasteiger charge is -2.41. The highest BCUT2D eigenvalue weighted by atomic mass is 16.7. The highest BCUT2D eigenvalue weighted by Gasteiger charge is 2.46. The summed E-state index contributed by atoms with van der Waals surface area (Å²) in [4.78, 5) is 0. The molecule has 0 aromatic rings. The number of ether oxygens (including phenoxy) is 2. The van der Waals surface area contributed by atoms with Crippen molar-refractivity contribution in [1.82, 2.24) is 0 Å². The van der Waals surface area contributed by atoms with Crippen molar-refractivity contribution in [3.63, 3.8) is 0 Å². The first-order valence-corrected chi connectivity index (χ1v) is 5.78. The zero-order chi connectivity index (χ0) is 13.9. The van der Waals surface area contributed by atoms with E-state index in [0.717, 1.165) is 0 Å². The Morgan fingerprint density at radius 1 is 1.28 bits per heavy atom. The van der Waals surface area contributed by atoms with Gasteiger partial charge in [0.15, 0.2) is 11.9 Å². The molecule has 4 N–H and O–H groups in total. The topological polar surface area (TPSA) is 123 Å². The summed E-state index contributed by atoms with van der Waals surface area (Å²) in [6.07, 6.45) is -6.36. The summed E-state index contributed by atoms with van der Waals surface area (Å²) >= 11 is 0. The third kappa shape index (κ3) is 2.98. The Kier molecular flexibility index (Phi) is 5.04. The van der Waals surface area contributed by atoms with Crippen LogP contribution < -0.4 is 0 Å². The molecule has 0 aliphatic carbocycles. The van der Waals surface area contributed by atoms with E-state index in [1.165, 1.54) is 6.92 Å². The molecule has 104 valence electrons. The average Bonchev–Trinajstić information content (AvgIpc) is 2.39. The molecule has 0 bridgehead atoms. The molecule has 0 radical (unpaired) electrons. The molecule has 1 heterocycles. The molecule has 0 spiro atoms. The van der Waals surface area contributed by atoms with Crippen LogP contribution in [0.3, 0.4) is 0 Å². The van der Waals surface area contributed by atoms with Crippen molar-refractivity contribution < 1.29 is 29.9 Å². The van der Waals surface area contributed by atoms with E-state index in [4.69, 9.17) is 19.8 Å². The summed E-state index contributed by atoms with van der Waals surface area (Å²) in [5.41, 5.74) is -1.17. The van der Waals surface area contributed by atoms with Crippen LogP contribution in [0.15, 0.2) is 0 Å². The molecule has 7 heteroatoms. The maximum absolute atomic E-state index is 9.72. The Balaban J connectivity index is 2.80. The van der Waals surface area contributed by atoms with Crippen LogP contribution in [0.1, 0.15) is 20.3 Å². The quantitative estimate of drug-likeness (QED) is 0.485. The number of nitriles is 1. The molecule has 1 fully saturated rings. The van der Waals surface area contributed by atoms with Crippen LogP contribution >= 0.6 is 0 Å². The van der Waals surface area contributed by atoms with E-state index in [2.05, 4.69) is 0 Å². The number of aliphatic hydroxyl groups is 4. The minimum atomic E-state index is -1.50. The standard InChI is InChI=1S/C11H19NO6/c1-3-11(2,5-12)18-10-9(16)8(15)7(14)6(4-13)17-10/h6-10,13-16H,3-4H2,1-2H3/t6?,7-,8-,9?,10+,11?/m1/s1. The smallest absolute Gasteiger partial charge is 0.188 e. The van der Waals surface area contributed by atoms with Gasteiger partial charge >= 0.3 is 0 Å². The second kappa shape index (κ2) is 5.93. The summed E-state index contributed by atoms with van der Waals surface area (Å²) in [7, 11) is 0. The molecule has 0 aromatic heterocycles. The van der Waals surface area contributed by atoms with Gasteiger partial charge in [-0.25, -0.2) is 0 Å². The molecular formula is C11H19NO6. The van der Waals surface area contributed by atoms with E-state index in [9.17, 15) is 15.3 Å². The normalized spacial score (nSPS) is 39.9. The molecule has 1 saturated heterocycles. The molecule has 18 heavy (non-hydrogen) atoms. The van der Waals surface area contributed by atoms with Crippen molar-refractivity contribution in [3.8, 4) is 6.07 Å². The Hall–Kier alpha value is -0.750. The Labute approximate surface area is 105 Å². The highest BCUT2D eigenvalue weighted by Crippen LogP contribution is 2.26. The van der Waals surface area contributed by atoms with Crippen molar-refractivity contribution >= 4 is 0 Å². The minimum absolute atomic E-state index is 0.360. The van der Waals surface area contributed by atoms with E-state index >= 15 is 0 Å². The Morgan fingerprint density at radius 2 is 1.89 bits per heavy atom. The highest BCUT2D eigenvalue weighted by molar-refractivity contribution is 4.99. The third-order valence-electron chi connectivity index (χ3n) is 3.14. The first kappa shape index (κ1) is 15.3. The second-order valence-electron chi connectivity index (χ2n) is 4.51. The van der Waals surface area contributed by atoms with Gasteiger partial charge in [-0.1, -0.05) is 6.92 Å². The summed E-state index contributed by atoms with van der Waals surface area (Å²) in [5, 5.41) is 46.8. The van der Waals surface area contributed by atoms with Crippen molar-refractivity contribution in [3.05, 3.63) is 0 Å². The van der Waals surface area contributed by atoms with Crippen LogP contribution in [0.4, 0.5) is 0 Å². The summed E-state index contributed by atoms with van der Waals surface area (Å²) in [6, 6.07) is 1.93. The van der Waals surface area contributed by atoms with Gasteiger partial charge in [-0.2, -0.15) is 5.26 Å². The second-order valence-corrected chi connectivity index (χ2v) is 4.51. The first-order chi connectivity index (χ1) is 8.38. The fourth-order valence-corrected chi connectivity index (χ4v) is 1.61. The van der Waals surface area contributed by atoms with Crippen molar-refractivity contribution in [2.45, 2.75) is 56.6 Å². The number of nitrogens with zero attached hydrogens (tertiary/aromatic N) is 1. The summed E-state index contributed by atoms with van der Waals surface area (Å²) < 4.78 is 10.5. The Bertz CT molecular complexity index is 317. The van der Waals surface area contributed by atoms with Gasteiger partial charge in [0.2, 0.25) is 0 Å². The summed E-state index contributed by atoms with van der Waals surface area (Å²) in [5.74, 6) is 0. The fourth-order valence-electron chi connectivity index (χ4n) is 1.61. The van der Waals surface area contributed by atoms with Gasteiger partial charge in [-0.05, 0) is 13.3 Å². The van der Waals surface area contributed by atoms with Gasteiger partial charge < -0.3 is 29.9 Å². The van der Waals surface area contributed by atoms with Gasteiger partial charge in [0.1, 0.15) is 24.4 Å². The maximum atomic E-state index is 9.72. The summed E-state index contributed by atoms with van der Waals surface area (Å²) in [6.45, 7) is 2.72. The van der Waals surface area contributed by atoms with Crippen LogP contribution in [-0.2, 0) is 9.47 Å². The molecule has 1 aliphatic heterocycles. The number of rotatable bonds is 4. The largest absolute Gasteiger partial charge is 0.394 e. The van der Waals surface area contributed by atoms with E-state index in [1.807, 2.05) is 6.07 Å². The lowest BCUT2D eigenvalue weighted by atomic mass is 9.98. The number of aliphatic hydroxyl groups excluding tert-OH is 4. The number of hydrogen-bond acceptors (Lipinski definition) is 7. The molecule has 7 nitrogen and oxygen atoms in total. The monoisotopic (exact) mass is 261 g/mol. The zero-order valence-corrected chi connectivity index (χ0v) is 10.4. The molecule has 6 atom stereocenters. The van der Waals surface area contributed by atoms with Crippen LogP contribution in [0.2, 0.25) is 0 Å². The lowest BCUT2D eigenvalue weighted by Crippen LogP contribution is -2.60. The predicted molar refractivity (Wildman–Crippen MR) is 59.2 cm³/mol. The number of hydrogen-bond donors (Lipinski definition) is 4. The molecule has 0 saturated carbocycles. The molecule has 1 aliphatic rings. The van der Waals surface area contributed by atoms with E-state index in [0.29, 0.717) is 6.42 Å². The SMILES string of the molecule is CCC(C)(C#N)O[C@@H]1OC(CO)[C@@H](O)[C@@H](O)C1O. The maximum Gasteiger partial charge on any atom is 0.188 e. The van der Waals surface area contributed by atoms with Crippen LogP contribution in [0, 0.1) is 11.3 Å². The minimum Gasteiger partial charge on any atom is -0.394 e. The molecule has 1 rings (SSSR count). The predicted octanol–water partition coefficient (Wildman–Crippen LogP) is -1.50. The molecular weight excluding hydrogens is 242 g/mol. The van der Waals surface area contributed by atoms with E-state index in [-0.39, 0.29) is 0 Å². The van der Waals surface area contributed by atoms with Crippen LogP contribution in [0.5, 0.6) is 0 Å². The zero-order valence-electron chi connectivity index (χ0n) is 10.4. The van der Waals surface area contributed by atoms with Crippen LogP contribution in [-0.4, -0.2) is 63.3 Å². The van der Waals surface area contributed by atoms with Crippen LogP contribution in [0.25, 0.3) is 0 Å². The third-order valence-corrected chi connectivity index (χ3v) is 3.14. The van der Waals surface area contributed by atoms with Gasteiger partial charge in [-0.15, -0.1) is 0 Å². The first-order valence-electron chi connectivity index (χ1n) is 5.78. The van der Waals surface area contributed by atoms with Crippen molar-refractivity contribution in [1.29, 1.82) is 5.26 Å². The lowest BCUT2D eigenvalue weighted by molar-refractivity contribution is -0.318.